The summed E-state index contributed by atoms with van der Waals surface area (Å²) in [6, 6.07) is 46.7. The minimum Gasteiger partial charge on any atom is -0.362 e. The summed E-state index contributed by atoms with van der Waals surface area (Å²) in [7, 11) is 0. The Morgan fingerprint density at radius 3 is 1.26 bits per heavy atom. The van der Waals surface area contributed by atoms with Gasteiger partial charge in [0.25, 0.3) is 0 Å². The molecule has 53 heavy (non-hydrogen) atoms. The Morgan fingerprint density at radius 1 is 0.547 bits per heavy atom. The van der Waals surface area contributed by atoms with E-state index in [1.54, 1.807) is 12.3 Å². The van der Waals surface area contributed by atoms with Crippen LogP contribution in [-0.2, 0) is 0 Å². The number of benzene rings is 4. The molecule has 0 amide bonds. The third kappa shape index (κ3) is 10.6. The second-order valence-electron chi connectivity index (χ2n) is 14.0. The predicted octanol–water partition coefficient (Wildman–Crippen LogP) is 9.00. The van der Waals surface area contributed by atoms with Crippen LogP contribution in [0.5, 0.6) is 0 Å². The topological polar surface area (TPSA) is 96.1 Å². The van der Waals surface area contributed by atoms with Gasteiger partial charge in [-0.25, -0.2) is 19.9 Å². The van der Waals surface area contributed by atoms with E-state index in [1.807, 2.05) is 6.07 Å². The number of anilines is 1. The molecule has 0 unspecified atom stereocenters. The van der Waals surface area contributed by atoms with Gasteiger partial charge >= 0.3 is 0 Å². The van der Waals surface area contributed by atoms with Crippen LogP contribution >= 0.6 is 34.8 Å². The quantitative estimate of drug-likeness (QED) is 0.117. The number of rotatable bonds is 8. The van der Waals surface area contributed by atoms with Crippen molar-refractivity contribution in [1.29, 1.82) is 0 Å². The third-order valence-electron chi connectivity index (χ3n) is 9.07. The number of nitrogens with one attached hydrogen (secondary N) is 1. The van der Waals surface area contributed by atoms with Crippen LogP contribution in [0.3, 0.4) is 0 Å². The number of aromatic nitrogens is 4. The number of nitrogens with zero attached hydrogens (tertiary/aromatic N) is 6. The molecule has 2 aromatic heterocycles. The van der Waals surface area contributed by atoms with Gasteiger partial charge in [0.15, 0.2) is 0 Å². The van der Waals surface area contributed by atoms with E-state index >= 15 is 0 Å². The fraction of sp³-hybridized carbons (Fsp3) is 0.238. The highest BCUT2D eigenvalue weighted by Gasteiger charge is 2.43. The molecule has 4 heterocycles. The highest BCUT2D eigenvalue weighted by Crippen LogP contribution is 2.37. The van der Waals surface area contributed by atoms with Crippen molar-refractivity contribution in [3.8, 4) is 0 Å². The van der Waals surface area contributed by atoms with Gasteiger partial charge in [-0.3, -0.25) is 9.80 Å². The molecule has 2 aliphatic rings. The van der Waals surface area contributed by atoms with E-state index in [0.29, 0.717) is 11.2 Å². The molecule has 8 rings (SSSR count). The first-order chi connectivity index (χ1) is 25.6. The molecule has 2 fully saturated rings. The molecule has 2 aliphatic heterocycles. The van der Waals surface area contributed by atoms with Crippen LogP contribution in [-0.4, -0.2) is 67.0 Å². The molecular weight excluding hydrogens is 723 g/mol. The van der Waals surface area contributed by atoms with Gasteiger partial charge in [0.2, 0.25) is 10.6 Å². The zero-order valence-corrected chi connectivity index (χ0v) is 32.0. The first kappa shape index (κ1) is 38.3. The van der Waals surface area contributed by atoms with Gasteiger partial charge in [-0.05, 0) is 71.4 Å². The lowest BCUT2D eigenvalue weighted by Gasteiger charge is -2.52. The number of nitrogens with two attached hydrogens (primary N) is 1. The molecule has 8 nitrogen and oxygen atoms in total. The Morgan fingerprint density at radius 2 is 0.925 bits per heavy atom. The van der Waals surface area contributed by atoms with Crippen molar-refractivity contribution in [3.05, 3.63) is 184 Å². The van der Waals surface area contributed by atoms with Crippen molar-refractivity contribution < 1.29 is 0 Å². The maximum Gasteiger partial charge on any atom is 0.224 e. The maximum atomic E-state index is 6.16. The van der Waals surface area contributed by atoms with E-state index < -0.39 is 0 Å². The summed E-state index contributed by atoms with van der Waals surface area (Å²) in [4.78, 5) is 20.3. The van der Waals surface area contributed by atoms with Crippen LogP contribution in [0, 0.1) is 0 Å². The molecule has 6 aromatic rings. The van der Waals surface area contributed by atoms with Gasteiger partial charge in [-0.1, -0.05) is 133 Å². The Bertz CT molecular complexity index is 1910. The fourth-order valence-corrected chi connectivity index (χ4v) is 7.45. The highest BCUT2D eigenvalue weighted by atomic mass is 35.5. The Kier molecular flexibility index (Phi) is 12.7. The molecule has 0 saturated carbocycles. The van der Waals surface area contributed by atoms with Gasteiger partial charge in [0, 0.05) is 44.1 Å². The monoisotopic (exact) mass is 764 g/mol. The molecule has 0 bridgehead atoms. The zero-order valence-electron chi connectivity index (χ0n) is 29.7. The van der Waals surface area contributed by atoms with E-state index in [0.717, 1.165) is 32.0 Å². The van der Waals surface area contributed by atoms with Crippen molar-refractivity contribution in [2.75, 3.05) is 31.5 Å². The van der Waals surface area contributed by atoms with E-state index in [-0.39, 0.29) is 27.7 Å². The third-order valence-corrected chi connectivity index (χ3v) is 9.65. The molecule has 0 radical (unpaired) electrons. The molecule has 2 saturated heterocycles. The molecule has 272 valence electrons. The van der Waals surface area contributed by atoms with Gasteiger partial charge in [-0.2, -0.15) is 0 Å². The van der Waals surface area contributed by atoms with Gasteiger partial charge in [-0.15, -0.1) is 0 Å². The summed E-state index contributed by atoms with van der Waals surface area (Å²) in [6.07, 6.45) is 3.17. The normalized spacial score (nSPS) is 15.9. The van der Waals surface area contributed by atoms with E-state index in [9.17, 15) is 0 Å². The lowest BCUT2D eigenvalue weighted by atomic mass is 9.86. The minimum atomic E-state index is -0.0422. The van der Waals surface area contributed by atoms with Crippen molar-refractivity contribution in [2.45, 2.75) is 37.0 Å². The van der Waals surface area contributed by atoms with Crippen LogP contribution in [0.15, 0.2) is 146 Å². The molecule has 3 N–H and O–H groups in total. The maximum absolute atomic E-state index is 6.16. The Balaban J connectivity index is 0.000000155. The first-order valence-corrected chi connectivity index (χ1v) is 18.6. The predicted molar refractivity (Wildman–Crippen MR) is 216 cm³/mol. The Hall–Kier alpha value is -4.41. The van der Waals surface area contributed by atoms with E-state index in [1.165, 1.54) is 28.5 Å². The van der Waals surface area contributed by atoms with Crippen LogP contribution in [0.25, 0.3) is 0 Å². The summed E-state index contributed by atoms with van der Waals surface area (Å²) >= 11 is 16.6. The molecular formula is C42H43Cl3N8. The van der Waals surface area contributed by atoms with Crippen LogP contribution < -0.4 is 11.1 Å². The van der Waals surface area contributed by atoms with Crippen molar-refractivity contribution in [2.24, 2.45) is 5.73 Å². The summed E-state index contributed by atoms with van der Waals surface area (Å²) in [5, 5.41) is 4.32. The first-order valence-electron chi connectivity index (χ1n) is 17.5. The lowest BCUT2D eigenvalue weighted by Crippen LogP contribution is -2.65. The van der Waals surface area contributed by atoms with E-state index in [2.05, 4.69) is 170 Å². The van der Waals surface area contributed by atoms with Crippen molar-refractivity contribution in [1.82, 2.24) is 29.7 Å². The average molecular weight is 766 g/mol. The Labute approximate surface area is 327 Å². The van der Waals surface area contributed by atoms with Crippen molar-refractivity contribution >= 4 is 40.6 Å². The molecule has 0 atom stereocenters. The molecule has 4 aromatic carbocycles. The zero-order chi connectivity index (χ0) is 37.3. The molecule has 11 heteroatoms. The largest absolute Gasteiger partial charge is 0.362 e. The standard InChI is InChI=1S/C21H21ClN4.C17H20N2.C4H2Cl2N2/c1-21(25-18-12-13-23-20(22)24-18)14-26(15-21)19(16-8-4-2-5-9-16)17-10-6-3-7-11-17;1-17(18)12-19(13-17)16(14-8-4-2-5-9-14)15-10-6-3-7-11-15;5-3-1-2-7-4(6)8-3/h2-13,19H,14-15H2,1H3,(H,23,24,25);2-11,16H,12-13,18H2,1H3;1-2H. The highest BCUT2D eigenvalue weighted by molar-refractivity contribution is 6.31. The second kappa shape index (κ2) is 17.6. The summed E-state index contributed by atoms with van der Waals surface area (Å²) < 4.78 is 0. The average Bonchev–Trinajstić information content (AvgIpc) is 3.13. The van der Waals surface area contributed by atoms with Gasteiger partial charge in [0.05, 0.1) is 17.6 Å². The minimum absolute atomic E-state index is 0.0399. The number of hydrogen-bond acceptors (Lipinski definition) is 8. The van der Waals surface area contributed by atoms with Crippen molar-refractivity contribution in [3.63, 3.8) is 0 Å². The second-order valence-corrected chi connectivity index (χ2v) is 15.0. The fourth-order valence-electron chi connectivity index (χ4n) is 6.97. The number of likely N-dealkylation sites (tertiary alicyclic amines) is 2. The van der Waals surface area contributed by atoms with Crippen LogP contribution in [0.2, 0.25) is 15.7 Å². The van der Waals surface area contributed by atoms with E-state index in [4.69, 9.17) is 40.5 Å². The smallest absolute Gasteiger partial charge is 0.224 e. The number of halogens is 3. The lowest BCUT2D eigenvalue weighted by molar-refractivity contribution is 0.0544. The summed E-state index contributed by atoms with van der Waals surface area (Å²) in [6.45, 7) is 8.07. The summed E-state index contributed by atoms with van der Waals surface area (Å²) in [5.41, 5.74) is 11.4. The van der Waals surface area contributed by atoms with Crippen LogP contribution in [0.1, 0.15) is 48.2 Å². The summed E-state index contributed by atoms with van der Waals surface area (Å²) in [5.74, 6) is 0.767. The molecule has 0 spiro atoms. The molecule has 0 aliphatic carbocycles. The van der Waals surface area contributed by atoms with Crippen LogP contribution in [0.4, 0.5) is 5.82 Å². The van der Waals surface area contributed by atoms with Gasteiger partial charge < -0.3 is 11.1 Å². The van der Waals surface area contributed by atoms with Gasteiger partial charge in [0.1, 0.15) is 11.0 Å². The number of hydrogen-bond donors (Lipinski definition) is 2. The SMILES string of the molecule is CC1(N)CN(C(c2ccccc2)c2ccccc2)C1.CC1(Nc2ccnc(Cl)n2)CN(C(c2ccccc2)c2ccccc2)C1.Clc1ccnc(Cl)n1.